The highest BCUT2D eigenvalue weighted by Gasteiger charge is 2.15. The van der Waals surface area contributed by atoms with Crippen molar-refractivity contribution in [2.24, 2.45) is 0 Å². The number of anilines is 1. The monoisotopic (exact) mass is 358 g/mol. The number of aromatic amines is 1. The van der Waals surface area contributed by atoms with Crippen LogP contribution in [0.15, 0.2) is 53.3 Å². The fourth-order valence-corrected chi connectivity index (χ4v) is 2.35. The standard InChI is InChI=1S/C18H12F2N2O4/c19-13-6-5-10(7-14(13)20)21-17(24)9-26-18(25)12-8-16(23)22-15-4-2-1-3-11(12)15/h1-8H,9H2,(H,21,24)(H,22,23). The van der Waals surface area contributed by atoms with Crippen molar-refractivity contribution in [3.8, 4) is 0 Å². The number of hydrogen-bond acceptors (Lipinski definition) is 4. The molecule has 8 heteroatoms. The van der Waals surface area contributed by atoms with E-state index < -0.39 is 35.7 Å². The number of rotatable bonds is 4. The number of benzene rings is 2. The van der Waals surface area contributed by atoms with Gasteiger partial charge in [-0.1, -0.05) is 18.2 Å². The molecule has 0 radical (unpaired) electrons. The molecule has 1 aromatic heterocycles. The van der Waals surface area contributed by atoms with Crippen LogP contribution in [0.1, 0.15) is 10.4 Å². The number of carbonyl (C=O) groups excluding carboxylic acids is 2. The molecule has 2 aromatic carbocycles. The minimum absolute atomic E-state index is 0.0185. The maximum Gasteiger partial charge on any atom is 0.339 e. The zero-order valence-electron chi connectivity index (χ0n) is 13.2. The van der Waals surface area contributed by atoms with Crippen LogP contribution >= 0.6 is 0 Å². The maximum atomic E-state index is 13.1. The van der Waals surface area contributed by atoms with E-state index in [1.807, 2.05) is 0 Å². The summed E-state index contributed by atoms with van der Waals surface area (Å²) in [7, 11) is 0. The van der Waals surface area contributed by atoms with Crippen LogP contribution in [0.4, 0.5) is 14.5 Å². The highest BCUT2D eigenvalue weighted by Crippen LogP contribution is 2.16. The zero-order chi connectivity index (χ0) is 18.7. The first-order chi connectivity index (χ1) is 12.4. The third kappa shape index (κ3) is 3.75. The van der Waals surface area contributed by atoms with Crippen LogP contribution in [-0.4, -0.2) is 23.5 Å². The summed E-state index contributed by atoms with van der Waals surface area (Å²) < 4.78 is 30.9. The van der Waals surface area contributed by atoms with Crippen LogP contribution in [0.5, 0.6) is 0 Å². The van der Waals surface area contributed by atoms with Crippen molar-refractivity contribution in [1.29, 1.82) is 0 Å². The second-order valence-corrected chi connectivity index (χ2v) is 5.35. The topological polar surface area (TPSA) is 88.3 Å². The Morgan fingerprint density at radius 3 is 2.58 bits per heavy atom. The van der Waals surface area contributed by atoms with Crippen molar-refractivity contribution in [3.05, 3.63) is 76.1 Å². The van der Waals surface area contributed by atoms with Gasteiger partial charge < -0.3 is 15.0 Å². The van der Waals surface area contributed by atoms with Crippen molar-refractivity contribution >= 4 is 28.5 Å². The van der Waals surface area contributed by atoms with Gasteiger partial charge in [0.05, 0.1) is 5.56 Å². The Morgan fingerprint density at radius 1 is 1.04 bits per heavy atom. The van der Waals surface area contributed by atoms with Gasteiger partial charge in [-0.2, -0.15) is 0 Å². The van der Waals surface area contributed by atoms with E-state index in [0.29, 0.717) is 10.9 Å². The first-order valence-corrected chi connectivity index (χ1v) is 7.48. The predicted molar refractivity (Wildman–Crippen MR) is 89.8 cm³/mol. The Labute approximate surface area is 145 Å². The average molecular weight is 358 g/mol. The van der Waals surface area contributed by atoms with Gasteiger partial charge in [0, 0.05) is 28.7 Å². The number of aromatic nitrogens is 1. The summed E-state index contributed by atoms with van der Waals surface area (Å²) in [5.41, 5.74) is 0.0107. The Balaban J connectivity index is 1.70. The van der Waals surface area contributed by atoms with E-state index in [9.17, 15) is 23.2 Å². The minimum atomic E-state index is -1.12. The van der Waals surface area contributed by atoms with E-state index in [1.165, 1.54) is 6.07 Å². The average Bonchev–Trinajstić information content (AvgIpc) is 2.62. The van der Waals surface area contributed by atoms with Gasteiger partial charge in [-0.25, -0.2) is 13.6 Å². The van der Waals surface area contributed by atoms with Crippen LogP contribution < -0.4 is 10.9 Å². The van der Waals surface area contributed by atoms with Gasteiger partial charge in [0.25, 0.3) is 5.91 Å². The lowest BCUT2D eigenvalue weighted by Gasteiger charge is -2.08. The number of para-hydroxylation sites is 1. The molecule has 3 rings (SSSR count). The zero-order valence-corrected chi connectivity index (χ0v) is 13.2. The fourth-order valence-electron chi connectivity index (χ4n) is 2.35. The second-order valence-electron chi connectivity index (χ2n) is 5.35. The van der Waals surface area contributed by atoms with Crippen molar-refractivity contribution < 1.29 is 23.1 Å². The van der Waals surface area contributed by atoms with Gasteiger partial charge in [0.15, 0.2) is 18.2 Å². The van der Waals surface area contributed by atoms with E-state index in [-0.39, 0.29) is 11.3 Å². The van der Waals surface area contributed by atoms with E-state index >= 15 is 0 Å². The second kappa shape index (κ2) is 7.14. The molecule has 3 aromatic rings. The number of nitrogens with one attached hydrogen (secondary N) is 2. The molecule has 0 aliphatic carbocycles. The lowest BCUT2D eigenvalue weighted by molar-refractivity contribution is -0.119. The highest BCUT2D eigenvalue weighted by atomic mass is 19.2. The number of H-pyrrole nitrogens is 1. The third-order valence-corrected chi connectivity index (χ3v) is 3.51. The molecular weight excluding hydrogens is 346 g/mol. The number of amides is 1. The van der Waals surface area contributed by atoms with Crippen molar-refractivity contribution in [3.63, 3.8) is 0 Å². The highest BCUT2D eigenvalue weighted by molar-refractivity contribution is 6.04. The Hall–Kier alpha value is -3.55. The summed E-state index contributed by atoms with van der Waals surface area (Å²) in [6.45, 7) is -0.654. The molecule has 0 saturated carbocycles. The molecule has 132 valence electrons. The Morgan fingerprint density at radius 2 is 1.81 bits per heavy atom. The fraction of sp³-hybridized carbons (Fsp3) is 0.0556. The van der Waals surface area contributed by atoms with Gasteiger partial charge >= 0.3 is 5.97 Å². The van der Waals surface area contributed by atoms with Gasteiger partial charge in [-0.05, 0) is 18.2 Å². The number of carbonyl (C=O) groups is 2. The Kier molecular flexibility index (Phi) is 4.74. The SMILES string of the molecule is O=C(COC(=O)c1cc(=O)[nH]c2ccccc12)Nc1ccc(F)c(F)c1. The predicted octanol–water partition coefficient (Wildman–Crippen LogP) is 2.60. The normalized spacial score (nSPS) is 10.5. The number of halogens is 2. The van der Waals surface area contributed by atoms with Crippen LogP contribution in [0, 0.1) is 11.6 Å². The van der Waals surface area contributed by atoms with Gasteiger partial charge in [-0.3, -0.25) is 9.59 Å². The summed E-state index contributed by atoms with van der Waals surface area (Å²) in [6.07, 6.45) is 0. The molecule has 0 atom stereocenters. The summed E-state index contributed by atoms with van der Waals surface area (Å²) in [6, 6.07) is 10.6. The quantitative estimate of drug-likeness (QED) is 0.702. The van der Waals surface area contributed by atoms with Crippen molar-refractivity contribution in [2.75, 3.05) is 11.9 Å². The number of pyridine rings is 1. The number of ether oxygens (including phenoxy) is 1. The van der Waals surface area contributed by atoms with Crippen molar-refractivity contribution in [2.45, 2.75) is 0 Å². The molecule has 0 spiro atoms. The first-order valence-electron chi connectivity index (χ1n) is 7.48. The van der Waals surface area contributed by atoms with E-state index in [2.05, 4.69) is 10.3 Å². The first kappa shape index (κ1) is 17.3. The molecule has 6 nitrogen and oxygen atoms in total. The smallest absolute Gasteiger partial charge is 0.339 e. The molecule has 26 heavy (non-hydrogen) atoms. The van der Waals surface area contributed by atoms with Gasteiger partial charge in [-0.15, -0.1) is 0 Å². The number of fused-ring (bicyclic) bond motifs is 1. The molecule has 0 bridgehead atoms. The number of hydrogen-bond donors (Lipinski definition) is 2. The van der Waals surface area contributed by atoms with Crippen LogP contribution in [0.3, 0.4) is 0 Å². The molecule has 0 aliphatic heterocycles. The molecule has 2 N–H and O–H groups in total. The summed E-state index contributed by atoms with van der Waals surface area (Å²) in [5, 5.41) is 2.75. The van der Waals surface area contributed by atoms with Crippen LogP contribution in [0.25, 0.3) is 10.9 Å². The third-order valence-electron chi connectivity index (χ3n) is 3.51. The van der Waals surface area contributed by atoms with E-state index in [1.54, 1.807) is 24.3 Å². The summed E-state index contributed by atoms with van der Waals surface area (Å²) >= 11 is 0. The van der Waals surface area contributed by atoms with Gasteiger partial charge in [0.2, 0.25) is 5.56 Å². The summed E-state index contributed by atoms with van der Waals surface area (Å²) in [5.74, 6) is -3.75. The lowest BCUT2D eigenvalue weighted by Crippen LogP contribution is -2.22. The summed E-state index contributed by atoms with van der Waals surface area (Å²) in [4.78, 5) is 38.2. The van der Waals surface area contributed by atoms with Crippen molar-refractivity contribution in [1.82, 2.24) is 4.98 Å². The maximum absolute atomic E-state index is 13.1. The number of esters is 1. The molecule has 1 amide bonds. The molecule has 0 aliphatic rings. The largest absolute Gasteiger partial charge is 0.452 e. The Bertz CT molecular complexity index is 1060. The molecule has 0 saturated heterocycles. The van der Waals surface area contributed by atoms with E-state index in [4.69, 9.17) is 4.74 Å². The lowest BCUT2D eigenvalue weighted by atomic mass is 10.1. The minimum Gasteiger partial charge on any atom is -0.452 e. The van der Waals surface area contributed by atoms with Crippen LogP contribution in [0.2, 0.25) is 0 Å². The molecule has 0 fully saturated rings. The molecule has 0 unspecified atom stereocenters. The van der Waals surface area contributed by atoms with Crippen LogP contribution in [-0.2, 0) is 9.53 Å². The molecule has 1 heterocycles. The molecular formula is C18H12F2N2O4. The van der Waals surface area contributed by atoms with E-state index in [0.717, 1.165) is 18.2 Å². The van der Waals surface area contributed by atoms with Gasteiger partial charge in [0.1, 0.15) is 0 Å².